The molecule has 6 heteroatoms. The quantitative estimate of drug-likeness (QED) is 0.565. The summed E-state index contributed by atoms with van der Waals surface area (Å²) in [5.74, 6) is 1.58. The van der Waals surface area contributed by atoms with E-state index in [4.69, 9.17) is 14.2 Å². The molecule has 0 bridgehead atoms. The molecule has 150 valence electrons. The summed E-state index contributed by atoms with van der Waals surface area (Å²) >= 11 is 0. The number of ether oxygens (including phenoxy) is 3. The molecule has 1 atom stereocenters. The van der Waals surface area contributed by atoms with Crippen LogP contribution in [0.2, 0.25) is 0 Å². The molecule has 0 aliphatic rings. The molecule has 2 aromatic carbocycles. The van der Waals surface area contributed by atoms with Crippen LogP contribution in [0.1, 0.15) is 17.2 Å². The summed E-state index contributed by atoms with van der Waals surface area (Å²) in [6.07, 6.45) is 1.69. The molecule has 0 saturated heterocycles. The van der Waals surface area contributed by atoms with Crippen molar-refractivity contribution in [2.24, 2.45) is 0 Å². The lowest BCUT2D eigenvalue weighted by Gasteiger charge is -2.17. The lowest BCUT2D eigenvalue weighted by Crippen LogP contribution is -2.33. The van der Waals surface area contributed by atoms with Gasteiger partial charge in [-0.1, -0.05) is 18.2 Å². The van der Waals surface area contributed by atoms with Crippen molar-refractivity contribution in [3.05, 3.63) is 84.2 Å². The van der Waals surface area contributed by atoms with Crippen LogP contribution in [0.25, 0.3) is 0 Å². The minimum Gasteiger partial charge on any atom is -0.497 e. The molecule has 1 unspecified atom stereocenters. The summed E-state index contributed by atoms with van der Waals surface area (Å²) in [6.45, 7) is 0.736. The molecule has 3 rings (SSSR count). The first kappa shape index (κ1) is 20.2. The van der Waals surface area contributed by atoms with Gasteiger partial charge in [-0.15, -0.1) is 0 Å². The maximum absolute atomic E-state index is 12.9. The first-order valence-electron chi connectivity index (χ1n) is 9.30. The molecule has 6 nitrogen and oxygen atoms in total. The molecule has 0 spiro atoms. The zero-order valence-electron chi connectivity index (χ0n) is 16.5. The minimum atomic E-state index is -0.511. The van der Waals surface area contributed by atoms with Gasteiger partial charge in [0.05, 0.1) is 26.5 Å². The monoisotopic (exact) mass is 392 g/mol. The Labute approximate surface area is 170 Å². The molecule has 1 heterocycles. The van der Waals surface area contributed by atoms with Gasteiger partial charge in [0.15, 0.2) is 0 Å². The Hall–Kier alpha value is -3.54. The number of methoxy groups -OCH3 is 2. The van der Waals surface area contributed by atoms with Crippen LogP contribution in [0, 0.1) is 0 Å². The standard InChI is InChI=1S/C23H24N2O4/c1-27-18-8-6-17(7-9-18)22(21-5-3-4-14-24-21)23(26)25-15-16-29-20-12-10-19(28-2)11-13-20/h3-14,22H,15-16H2,1-2H3,(H,25,26). The summed E-state index contributed by atoms with van der Waals surface area (Å²) < 4.78 is 16.0. The van der Waals surface area contributed by atoms with Gasteiger partial charge in [-0.25, -0.2) is 0 Å². The minimum absolute atomic E-state index is 0.132. The first-order valence-corrected chi connectivity index (χ1v) is 9.30. The maximum Gasteiger partial charge on any atom is 0.233 e. The Kier molecular flexibility index (Phi) is 7.05. The highest BCUT2D eigenvalue weighted by Crippen LogP contribution is 2.25. The molecule has 1 aromatic heterocycles. The van der Waals surface area contributed by atoms with Crippen molar-refractivity contribution >= 4 is 5.91 Å². The number of nitrogens with one attached hydrogen (secondary N) is 1. The molecule has 0 radical (unpaired) electrons. The lowest BCUT2D eigenvalue weighted by molar-refractivity contribution is -0.121. The fraction of sp³-hybridized carbons (Fsp3) is 0.217. The van der Waals surface area contributed by atoms with Gasteiger partial charge in [0.1, 0.15) is 29.8 Å². The van der Waals surface area contributed by atoms with Crippen molar-refractivity contribution < 1.29 is 19.0 Å². The van der Waals surface area contributed by atoms with Gasteiger partial charge < -0.3 is 19.5 Å². The third-order valence-corrected chi connectivity index (χ3v) is 4.42. The number of nitrogens with zero attached hydrogens (tertiary/aromatic N) is 1. The van der Waals surface area contributed by atoms with Crippen molar-refractivity contribution in [2.45, 2.75) is 5.92 Å². The summed E-state index contributed by atoms with van der Waals surface area (Å²) in [5.41, 5.74) is 1.53. The van der Waals surface area contributed by atoms with Crippen LogP contribution in [-0.2, 0) is 4.79 Å². The van der Waals surface area contributed by atoms with Crippen LogP contribution >= 0.6 is 0 Å². The Morgan fingerprint density at radius 3 is 2.10 bits per heavy atom. The second-order valence-electron chi connectivity index (χ2n) is 6.28. The number of aromatic nitrogens is 1. The Balaban J connectivity index is 1.63. The van der Waals surface area contributed by atoms with Crippen LogP contribution in [0.5, 0.6) is 17.2 Å². The predicted molar refractivity (Wildman–Crippen MR) is 111 cm³/mol. The number of rotatable bonds is 9. The van der Waals surface area contributed by atoms with Crippen LogP contribution in [0.3, 0.4) is 0 Å². The van der Waals surface area contributed by atoms with E-state index in [9.17, 15) is 4.79 Å². The van der Waals surface area contributed by atoms with Crippen LogP contribution < -0.4 is 19.5 Å². The van der Waals surface area contributed by atoms with Gasteiger partial charge in [-0.3, -0.25) is 9.78 Å². The average Bonchev–Trinajstić information content (AvgIpc) is 2.78. The zero-order valence-corrected chi connectivity index (χ0v) is 16.5. The van der Waals surface area contributed by atoms with E-state index in [1.165, 1.54) is 0 Å². The van der Waals surface area contributed by atoms with E-state index in [1.54, 1.807) is 20.4 Å². The van der Waals surface area contributed by atoms with Gasteiger partial charge in [-0.2, -0.15) is 0 Å². The fourth-order valence-corrected chi connectivity index (χ4v) is 2.92. The molecule has 1 N–H and O–H groups in total. The molecular weight excluding hydrogens is 368 g/mol. The summed E-state index contributed by atoms with van der Waals surface area (Å²) in [6, 6.07) is 20.3. The Morgan fingerprint density at radius 1 is 0.897 bits per heavy atom. The maximum atomic E-state index is 12.9. The smallest absolute Gasteiger partial charge is 0.233 e. The molecule has 0 aliphatic heterocycles. The second kappa shape index (κ2) is 10.1. The van der Waals surface area contributed by atoms with Crippen molar-refractivity contribution in [3.63, 3.8) is 0 Å². The normalized spacial score (nSPS) is 11.4. The third kappa shape index (κ3) is 5.48. The van der Waals surface area contributed by atoms with E-state index >= 15 is 0 Å². The van der Waals surface area contributed by atoms with Gasteiger partial charge >= 0.3 is 0 Å². The van der Waals surface area contributed by atoms with Crippen LogP contribution in [-0.4, -0.2) is 38.3 Å². The van der Waals surface area contributed by atoms with E-state index in [1.807, 2.05) is 66.7 Å². The molecular formula is C23H24N2O4. The van der Waals surface area contributed by atoms with E-state index < -0.39 is 5.92 Å². The van der Waals surface area contributed by atoms with Gasteiger partial charge in [0.25, 0.3) is 0 Å². The highest BCUT2D eigenvalue weighted by molar-refractivity contribution is 5.86. The molecule has 0 aliphatic carbocycles. The summed E-state index contributed by atoms with van der Waals surface area (Å²) in [5, 5.41) is 2.94. The Bertz CT molecular complexity index is 896. The van der Waals surface area contributed by atoms with E-state index in [-0.39, 0.29) is 5.91 Å². The van der Waals surface area contributed by atoms with Crippen molar-refractivity contribution in [2.75, 3.05) is 27.4 Å². The highest BCUT2D eigenvalue weighted by atomic mass is 16.5. The number of carbonyl (C=O) groups is 1. The summed E-state index contributed by atoms with van der Waals surface area (Å²) in [4.78, 5) is 17.3. The zero-order chi connectivity index (χ0) is 20.5. The van der Waals surface area contributed by atoms with Gasteiger partial charge in [0.2, 0.25) is 5.91 Å². The number of hydrogen-bond donors (Lipinski definition) is 1. The van der Waals surface area contributed by atoms with Gasteiger partial charge in [0, 0.05) is 6.20 Å². The van der Waals surface area contributed by atoms with Crippen molar-refractivity contribution in [1.82, 2.24) is 10.3 Å². The molecule has 29 heavy (non-hydrogen) atoms. The molecule has 1 amide bonds. The second-order valence-corrected chi connectivity index (χ2v) is 6.28. The van der Waals surface area contributed by atoms with Crippen molar-refractivity contribution in [3.8, 4) is 17.2 Å². The summed E-state index contributed by atoms with van der Waals surface area (Å²) in [7, 11) is 3.23. The largest absolute Gasteiger partial charge is 0.497 e. The number of benzene rings is 2. The van der Waals surface area contributed by atoms with Crippen molar-refractivity contribution in [1.29, 1.82) is 0 Å². The average molecular weight is 392 g/mol. The molecule has 0 fully saturated rings. The number of pyridine rings is 1. The Morgan fingerprint density at radius 2 is 1.52 bits per heavy atom. The third-order valence-electron chi connectivity index (χ3n) is 4.42. The van der Waals surface area contributed by atoms with E-state index in [2.05, 4.69) is 10.3 Å². The number of hydrogen-bond acceptors (Lipinski definition) is 5. The first-order chi connectivity index (χ1) is 14.2. The van der Waals surface area contributed by atoms with Crippen LogP contribution in [0.15, 0.2) is 72.9 Å². The van der Waals surface area contributed by atoms with Gasteiger partial charge in [-0.05, 0) is 54.1 Å². The molecule has 3 aromatic rings. The van der Waals surface area contributed by atoms with E-state index in [0.29, 0.717) is 18.8 Å². The molecule has 0 saturated carbocycles. The van der Waals surface area contributed by atoms with Crippen LogP contribution in [0.4, 0.5) is 0 Å². The SMILES string of the molecule is COc1ccc(OCCNC(=O)C(c2ccc(OC)cc2)c2ccccn2)cc1. The highest BCUT2D eigenvalue weighted by Gasteiger charge is 2.23. The predicted octanol–water partition coefficient (Wildman–Crippen LogP) is 3.43. The number of carbonyl (C=O) groups excluding carboxylic acids is 1. The fourth-order valence-electron chi connectivity index (χ4n) is 2.92. The van der Waals surface area contributed by atoms with E-state index in [0.717, 1.165) is 22.8 Å². The topological polar surface area (TPSA) is 69.7 Å². The lowest BCUT2D eigenvalue weighted by atomic mass is 9.94. The number of amides is 1.